The highest BCUT2D eigenvalue weighted by Gasteiger charge is 2.49. The number of nitrogens with zero attached hydrogens (tertiary/aromatic N) is 5. The second-order valence-electron chi connectivity index (χ2n) is 26.6. The lowest BCUT2D eigenvalue weighted by Gasteiger charge is -2.47. The van der Waals surface area contributed by atoms with Crippen molar-refractivity contribution < 1.29 is 4.74 Å². The van der Waals surface area contributed by atoms with Crippen molar-refractivity contribution in [1.29, 1.82) is 0 Å². The molecule has 0 spiro atoms. The van der Waals surface area contributed by atoms with Crippen LogP contribution in [-0.2, 0) is 0 Å². The van der Waals surface area contributed by atoms with Gasteiger partial charge in [0.25, 0.3) is 13.4 Å². The zero-order chi connectivity index (χ0) is 66.0. The number of rotatable bonds is 9. The number of thiophene rings is 3. The number of fused-ring (bicyclic) bond motifs is 17. The first-order chi connectivity index (χ1) is 50.1. The summed E-state index contributed by atoms with van der Waals surface area (Å²) in [5, 5.41) is 7.49. The van der Waals surface area contributed by atoms with E-state index in [0.29, 0.717) is 0 Å². The van der Waals surface area contributed by atoms with Gasteiger partial charge >= 0.3 is 0 Å². The Hall–Kier alpha value is -12.1. The number of hydrogen-bond donors (Lipinski definition) is 0. The van der Waals surface area contributed by atoms with Gasteiger partial charge in [-0.3, -0.25) is 0 Å². The molecule has 11 heteroatoms. The third-order valence-corrected chi connectivity index (χ3v) is 24.8. The standard InChI is InChI=1S/C90H55B2N5OS3/c1-5-26-56(27-6-1)93(57-28-7-2-8-29-57)61-52-80-87-82(53-61)98-81-46-19-17-41-69(81)92(87)71-54-70-76(55-77(71)97(80)75-45-25-39-67-64-36-15-22-49-85(64)101-90(67)75)96(74-44-24-38-66-63-35-14-21-48-84(63)100-89(66)74)79-51-60(50-78-86(79)91(70)68-40-16-18-42-72(68)95(78)59-32-11-4-12-33-59)94(58-30-9-3-10-31-58)73-43-23-37-65-62-34-13-20-47-83(62)99-88(65)73/h1-55H. The van der Waals surface area contributed by atoms with Gasteiger partial charge in [0.1, 0.15) is 11.5 Å². The highest BCUT2D eigenvalue weighted by Crippen LogP contribution is 2.55. The molecule has 0 radical (unpaired) electrons. The molecule has 6 nitrogen and oxygen atoms in total. The van der Waals surface area contributed by atoms with Crippen LogP contribution >= 0.6 is 34.0 Å². The Morgan fingerprint density at radius 3 is 1.25 bits per heavy atom. The normalized spacial score (nSPS) is 13.1. The average Bonchev–Trinajstić information content (AvgIpc) is 1.09. The first-order valence-electron chi connectivity index (χ1n) is 34.4. The molecule has 0 N–H and O–H groups in total. The molecule has 470 valence electrons. The minimum Gasteiger partial charge on any atom is -0.458 e. The molecule has 0 fully saturated rings. The number of hydrogen-bond acceptors (Lipinski definition) is 9. The van der Waals surface area contributed by atoms with E-state index in [0.717, 1.165) is 108 Å². The van der Waals surface area contributed by atoms with Crippen molar-refractivity contribution in [2.45, 2.75) is 0 Å². The van der Waals surface area contributed by atoms with E-state index in [-0.39, 0.29) is 13.4 Å². The number of benzene rings is 15. The highest BCUT2D eigenvalue weighted by molar-refractivity contribution is 7.27. The maximum Gasteiger partial charge on any atom is 0.256 e. The van der Waals surface area contributed by atoms with E-state index in [2.05, 4.69) is 358 Å². The summed E-state index contributed by atoms with van der Waals surface area (Å²) in [6.45, 7) is -0.444. The Morgan fingerprint density at radius 1 is 0.248 bits per heavy atom. The molecule has 15 aromatic carbocycles. The largest absolute Gasteiger partial charge is 0.458 e. The predicted molar refractivity (Wildman–Crippen MR) is 434 cm³/mol. The summed E-state index contributed by atoms with van der Waals surface area (Å²) in [5.41, 5.74) is 23.6. The lowest BCUT2D eigenvalue weighted by Crippen LogP contribution is -2.64. The van der Waals surface area contributed by atoms with Gasteiger partial charge in [-0.2, -0.15) is 0 Å². The van der Waals surface area contributed by atoms with Crippen LogP contribution in [0.15, 0.2) is 334 Å². The quantitative estimate of drug-likeness (QED) is 0.134. The Balaban J connectivity index is 0.892. The monoisotopic (exact) mass is 1340 g/mol. The molecular formula is C90H55B2N5OS3. The summed E-state index contributed by atoms with van der Waals surface area (Å²) in [7, 11) is 0. The number of ether oxygens (including phenoxy) is 1. The van der Waals surface area contributed by atoms with Crippen LogP contribution in [0.2, 0.25) is 0 Å². The van der Waals surface area contributed by atoms with Gasteiger partial charge in [-0.15, -0.1) is 34.0 Å². The molecule has 3 aromatic heterocycles. The summed E-state index contributed by atoms with van der Waals surface area (Å²) in [5.74, 6) is 1.70. The van der Waals surface area contributed by atoms with E-state index in [1.807, 2.05) is 34.0 Å². The molecule has 0 atom stereocenters. The van der Waals surface area contributed by atoms with Gasteiger partial charge in [0.05, 0.1) is 42.5 Å². The van der Waals surface area contributed by atoms with Crippen molar-refractivity contribution in [1.82, 2.24) is 0 Å². The fourth-order valence-electron chi connectivity index (χ4n) is 17.1. The molecular weight excluding hydrogens is 1280 g/mol. The molecule has 101 heavy (non-hydrogen) atoms. The third-order valence-electron chi connectivity index (χ3n) is 21.2. The van der Waals surface area contributed by atoms with Crippen LogP contribution in [0.5, 0.6) is 11.5 Å². The summed E-state index contributed by atoms with van der Waals surface area (Å²) in [6, 6.07) is 124. The van der Waals surface area contributed by atoms with Crippen LogP contribution in [-0.4, -0.2) is 13.4 Å². The lowest BCUT2D eigenvalue weighted by atomic mass is 9.30. The van der Waals surface area contributed by atoms with Crippen molar-refractivity contribution in [2.75, 3.05) is 24.5 Å². The zero-order valence-electron chi connectivity index (χ0n) is 54.3. The molecule has 0 amide bonds. The van der Waals surface area contributed by atoms with Crippen molar-refractivity contribution in [3.8, 4) is 11.5 Å². The van der Waals surface area contributed by atoms with Crippen molar-refractivity contribution in [3.05, 3.63) is 334 Å². The summed E-state index contributed by atoms with van der Waals surface area (Å²) in [4.78, 5) is 12.8. The maximum atomic E-state index is 7.46. The first kappa shape index (κ1) is 56.9. The second-order valence-corrected chi connectivity index (χ2v) is 29.7. The molecule has 0 bridgehead atoms. The van der Waals surface area contributed by atoms with Gasteiger partial charge in [0.15, 0.2) is 0 Å². The van der Waals surface area contributed by atoms with Crippen molar-refractivity contribution in [2.24, 2.45) is 0 Å². The van der Waals surface area contributed by atoms with Crippen LogP contribution in [0.3, 0.4) is 0 Å². The Labute approximate surface area is 596 Å². The average molecular weight is 1340 g/mol. The van der Waals surface area contributed by atoms with Gasteiger partial charge in [-0.25, -0.2) is 0 Å². The van der Waals surface area contributed by atoms with Crippen LogP contribution in [0, 0.1) is 0 Å². The summed E-state index contributed by atoms with van der Waals surface area (Å²) >= 11 is 5.63. The van der Waals surface area contributed by atoms with Crippen LogP contribution in [0.1, 0.15) is 0 Å². The Morgan fingerprint density at radius 2 is 0.663 bits per heavy atom. The highest BCUT2D eigenvalue weighted by atomic mass is 32.1. The van der Waals surface area contributed by atoms with E-state index in [1.54, 1.807) is 0 Å². The smallest absolute Gasteiger partial charge is 0.256 e. The van der Waals surface area contributed by atoms with Crippen LogP contribution < -0.4 is 62.0 Å². The Bertz CT molecular complexity index is 6420. The molecule has 0 unspecified atom stereocenters. The SMILES string of the molecule is c1ccc(N(c2ccccc2)c2cc3c4c(c2)N(c2cccc5c2sc2ccccc25)c2cc5c(cc2B4c2ccccc2O3)B2c3ccccc3N(c3ccccc3)c3cc(N(c4ccccc4)c4cccc6c4sc4ccccc46)cc(c32)N5c2cccc3c2sc2ccccc23)cc1. The topological polar surface area (TPSA) is 25.4 Å². The molecule has 22 rings (SSSR count). The van der Waals surface area contributed by atoms with Gasteiger partial charge < -0.3 is 29.2 Å². The molecule has 7 heterocycles. The van der Waals surface area contributed by atoms with Gasteiger partial charge in [-0.1, -0.05) is 206 Å². The van der Waals surface area contributed by atoms with E-state index >= 15 is 0 Å². The van der Waals surface area contributed by atoms with E-state index in [4.69, 9.17) is 4.74 Å². The fraction of sp³-hybridized carbons (Fsp3) is 0. The zero-order valence-corrected chi connectivity index (χ0v) is 56.7. The van der Waals surface area contributed by atoms with Crippen LogP contribution in [0.25, 0.3) is 60.5 Å². The van der Waals surface area contributed by atoms with Crippen molar-refractivity contribution in [3.63, 3.8) is 0 Å². The summed E-state index contributed by atoms with van der Waals surface area (Å²) in [6.07, 6.45) is 0. The molecule has 4 aliphatic heterocycles. The predicted octanol–water partition coefficient (Wildman–Crippen LogP) is 22.2. The minimum atomic E-state index is -0.225. The van der Waals surface area contributed by atoms with Crippen molar-refractivity contribution >= 4 is 226 Å². The minimum absolute atomic E-state index is 0.220. The lowest BCUT2D eigenvalue weighted by molar-refractivity contribution is 0.487. The van der Waals surface area contributed by atoms with Gasteiger partial charge in [0, 0.05) is 109 Å². The molecule has 0 aliphatic carbocycles. The molecule has 18 aromatic rings. The van der Waals surface area contributed by atoms with E-state index in [9.17, 15) is 0 Å². The Kier molecular flexibility index (Phi) is 12.5. The number of para-hydroxylation sites is 6. The molecule has 0 saturated heterocycles. The first-order valence-corrected chi connectivity index (χ1v) is 36.9. The third kappa shape index (κ3) is 8.46. The van der Waals surface area contributed by atoms with Crippen LogP contribution in [0.4, 0.5) is 85.3 Å². The molecule has 4 aliphatic rings. The maximum absolute atomic E-state index is 7.46. The van der Waals surface area contributed by atoms with Gasteiger partial charge in [0.2, 0.25) is 0 Å². The fourth-order valence-corrected chi connectivity index (χ4v) is 20.7. The van der Waals surface area contributed by atoms with E-state index < -0.39 is 0 Å². The van der Waals surface area contributed by atoms with E-state index in [1.165, 1.54) is 82.4 Å². The van der Waals surface area contributed by atoms with Gasteiger partial charge in [-0.05, 0) is 154 Å². The summed E-state index contributed by atoms with van der Waals surface area (Å²) < 4.78 is 14.9. The number of anilines is 15. The molecule has 0 saturated carbocycles. The second kappa shape index (κ2) is 22.2.